The Hall–Kier alpha value is -1.38. The minimum absolute atomic E-state index is 0.00718. The first-order valence-electron chi connectivity index (χ1n) is 5.09. The first-order chi connectivity index (χ1) is 8.77. The Kier molecular flexibility index (Phi) is 5.10. The fourth-order valence-corrected chi connectivity index (χ4v) is 2.70. The molecule has 0 amide bonds. The summed E-state index contributed by atoms with van der Waals surface area (Å²) in [6, 6.07) is 2.04. The van der Waals surface area contributed by atoms with Gasteiger partial charge in [0, 0.05) is 11.6 Å². The van der Waals surface area contributed by atoms with Gasteiger partial charge in [-0.25, -0.2) is 17.5 Å². The Balaban J connectivity index is 2.92. The van der Waals surface area contributed by atoms with Crippen molar-refractivity contribution < 1.29 is 22.3 Å². The lowest BCUT2D eigenvalue weighted by molar-refractivity contribution is -0.140. The number of nitrogen functional groups attached to an aromatic ring is 1. The van der Waals surface area contributed by atoms with E-state index in [2.05, 4.69) is 9.46 Å². The van der Waals surface area contributed by atoms with Crippen LogP contribution in [0.1, 0.15) is 6.42 Å². The van der Waals surface area contributed by atoms with Crippen LogP contribution in [0.25, 0.3) is 0 Å². The third-order valence-corrected chi connectivity index (χ3v) is 3.85. The number of nitrogens with one attached hydrogen (secondary N) is 1. The first kappa shape index (κ1) is 15.7. The van der Waals surface area contributed by atoms with Crippen LogP contribution in [0.4, 0.5) is 10.1 Å². The van der Waals surface area contributed by atoms with Gasteiger partial charge < -0.3 is 10.5 Å². The summed E-state index contributed by atoms with van der Waals surface area (Å²) < 4.78 is 43.7. The second-order valence-corrected chi connectivity index (χ2v) is 5.70. The Labute approximate surface area is 114 Å². The molecule has 3 N–H and O–H groups in total. The molecule has 0 unspecified atom stereocenters. The highest BCUT2D eigenvalue weighted by Gasteiger charge is 2.21. The zero-order valence-electron chi connectivity index (χ0n) is 9.94. The van der Waals surface area contributed by atoms with Crippen LogP contribution < -0.4 is 10.5 Å². The Morgan fingerprint density at radius 2 is 2.16 bits per heavy atom. The highest BCUT2D eigenvalue weighted by molar-refractivity contribution is 7.89. The van der Waals surface area contributed by atoms with E-state index in [0.717, 1.165) is 12.1 Å². The molecule has 0 aliphatic heterocycles. The first-order valence-corrected chi connectivity index (χ1v) is 6.95. The Morgan fingerprint density at radius 1 is 1.53 bits per heavy atom. The Morgan fingerprint density at radius 3 is 2.74 bits per heavy atom. The molecule has 0 fully saturated rings. The number of benzene rings is 1. The number of hydrogen-bond acceptors (Lipinski definition) is 5. The van der Waals surface area contributed by atoms with Crippen LogP contribution in [-0.2, 0) is 19.6 Å². The third-order valence-electron chi connectivity index (χ3n) is 2.17. The van der Waals surface area contributed by atoms with Crippen LogP contribution in [0.2, 0.25) is 5.02 Å². The van der Waals surface area contributed by atoms with Crippen molar-refractivity contribution in [2.75, 3.05) is 19.4 Å². The number of carbonyl (C=O) groups excluding carboxylic acids is 1. The van der Waals surface area contributed by atoms with E-state index in [1.165, 1.54) is 7.11 Å². The van der Waals surface area contributed by atoms with E-state index in [1.54, 1.807) is 0 Å². The van der Waals surface area contributed by atoms with Crippen LogP contribution in [0.15, 0.2) is 17.0 Å². The van der Waals surface area contributed by atoms with Gasteiger partial charge in [0.15, 0.2) is 5.82 Å². The highest BCUT2D eigenvalue weighted by Crippen LogP contribution is 2.24. The number of nitrogens with two attached hydrogens (primary N) is 1. The zero-order chi connectivity index (χ0) is 14.6. The molecular weight excluding hydrogens is 299 g/mol. The van der Waals surface area contributed by atoms with Crippen molar-refractivity contribution in [3.63, 3.8) is 0 Å². The van der Waals surface area contributed by atoms with Gasteiger partial charge in [-0.3, -0.25) is 4.79 Å². The lowest BCUT2D eigenvalue weighted by atomic mass is 10.3. The molecule has 0 bridgehead atoms. The molecule has 0 aliphatic rings. The fourth-order valence-electron chi connectivity index (χ4n) is 1.25. The molecule has 0 atom stereocenters. The predicted octanol–water partition coefficient (Wildman–Crippen LogP) is 0.903. The molecule has 6 nitrogen and oxygen atoms in total. The number of ether oxygens (including phenoxy) is 1. The van der Waals surface area contributed by atoms with Crippen LogP contribution in [-0.4, -0.2) is 28.0 Å². The van der Waals surface area contributed by atoms with Crippen molar-refractivity contribution in [1.29, 1.82) is 0 Å². The van der Waals surface area contributed by atoms with E-state index in [4.69, 9.17) is 17.3 Å². The summed E-state index contributed by atoms with van der Waals surface area (Å²) in [7, 11) is -2.96. The molecule has 9 heteroatoms. The maximum Gasteiger partial charge on any atom is 0.306 e. The van der Waals surface area contributed by atoms with Crippen molar-refractivity contribution in [1.82, 2.24) is 4.72 Å². The molecule has 1 aromatic rings. The minimum atomic E-state index is -4.14. The molecule has 0 aliphatic carbocycles. The quantitative estimate of drug-likeness (QED) is 0.622. The number of anilines is 1. The lowest BCUT2D eigenvalue weighted by Gasteiger charge is -2.09. The number of halogens is 2. The monoisotopic (exact) mass is 310 g/mol. The summed E-state index contributed by atoms with van der Waals surface area (Å²) >= 11 is 5.62. The van der Waals surface area contributed by atoms with Gasteiger partial charge in [-0.15, -0.1) is 0 Å². The largest absolute Gasteiger partial charge is 0.469 e. The number of hydrogen-bond donors (Lipinski definition) is 2. The number of methoxy groups -OCH3 is 1. The second kappa shape index (κ2) is 6.18. The van der Waals surface area contributed by atoms with Gasteiger partial charge >= 0.3 is 5.97 Å². The lowest BCUT2D eigenvalue weighted by Crippen LogP contribution is -2.27. The summed E-state index contributed by atoms with van der Waals surface area (Å²) in [6.07, 6.45) is -0.173. The zero-order valence-corrected chi connectivity index (χ0v) is 11.5. The molecular formula is C10H12ClFN2O4S. The van der Waals surface area contributed by atoms with Crippen LogP contribution in [0, 0.1) is 5.82 Å². The van der Waals surface area contributed by atoms with Crippen LogP contribution in [0.3, 0.4) is 0 Å². The van der Waals surface area contributed by atoms with Gasteiger partial charge in [0.2, 0.25) is 10.0 Å². The average Bonchev–Trinajstić information content (AvgIpc) is 2.33. The van der Waals surface area contributed by atoms with Crippen LogP contribution in [0.5, 0.6) is 0 Å². The Bertz CT molecular complexity index is 591. The van der Waals surface area contributed by atoms with Crippen LogP contribution >= 0.6 is 11.6 Å². The van der Waals surface area contributed by atoms with Crippen molar-refractivity contribution in [3.05, 3.63) is 23.0 Å². The molecule has 0 spiro atoms. The van der Waals surface area contributed by atoms with E-state index in [9.17, 15) is 17.6 Å². The number of sulfonamides is 1. The number of esters is 1. The summed E-state index contributed by atoms with van der Waals surface area (Å²) in [5.74, 6) is -1.68. The van der Waals surface area contributed by atoms with Crippen molar-refractivity contribution in [3.8, 4) is 0 Å². The summed E-state index contributed by atoms with van der Waals surface area (Å²) in [6.45, 7) is -0.221. The van der Waals surface area contributed by atoms with Gasteiger partial charge in [-0.1, -0.05) is 11.6 Å². The van der Waals surface area contributed by atoms with E-state index in [0.29, 0.717) is 0 Å². The van der Waals surface area contributed by atoms with Gasteiger partial charge in [0.05, 0.1) is 19.2 Å². The molecule has 0 radical (unpaired) electrons. The van der Waals surface area contributed by atoms with E-state index in [-0.39, 0.29) is 23.7 Å². The van der Waals surface area contributed by atoms with E-state index < -0.39 is 26.7 Å². The van der Waals surface area contributed by atoms with Crippen molar-refractivity contribution in [2.45, 2.75) is 11.3 Å². The van der Waals surface area contributed by atoms with Gasteiger partial charge in [0.25, 0.3) is 0 Å². The third kappa shape index (κ3) is 4.05. The average molecular weight is 311 g/mol. The summed E-state index contributed by atoms with van der Waals surface area (Å²) in [5, 5.41) is -0.00718. The molecule has 1 aromatic carbocycles. The molecule has 0 saturated heterocycles. The van der Waals surface area contributed by atoms with E-state index in [1.807, 2.05) is 0 Å². The van der Waals surface area contributed by atoms with Gasteiger partial charge in [0.1, 0.15) is 4.90 Å². The van der Waals surface area contributed by atoms with Gasteiger partial charge in [-0.05, 0) is 12.1 Å². The number of rotatable bonds is 5. The summed E-state index contributed by atoms with van der Waals surface area (Å²) in [4.78, 5) is 10.2. The predicted molar refractivity (Wildman–Crippen MR) is 67.6 cm³/mol. The van der Waals surface area contributed by atoms with Gasteiger partial charge in [-0.2, -0.15) is 0 Å². The summed E-state index contributed by atoms with van der Waals surface area (Å²) in [5.41, 5.74) is 4.92. The highest BCUT2D eigenvalue weighted by atomic mass is 35.5. The fraction of sp³-hybridized carbons (Fsp3) is 0.300. The second-order valence-electron chi connectivity index (χ2n) is 3.53. The normalized spacial score (nSPS) is 11.3. The molecule has 106 valence electrons. The SMILES string of the molecule is COC(=O)CCNS(=O)(=O)c1cc(Cl)cc(N)c1F. The smallest absolute Gasteiger partial charge is 0.306 e. The molecule has 19 heavy (non-hydrogen) atoms. The standard InChI is InChI=1S/C10H12ClFN2O4S/c1-18-9(15)2-3-14-19(16,17)8-5-6(11)4-7(13)10(8)12/h4-5,14H,2-3,13H2,1H3. The molecule has 0 saturated carbocycles. The van der Waals surface area contributed by atoms with Crippen molar-refractivity contribution >= 4 is 33.3 Å². The number of carbonyl (C=O) groups is 1. The maximum atomic E-state index is 13.6. The van der Waals surface area contributed by atoms with Crippen molar-refractivity contribution in [2.24, 2.45) is 0 Å². The topological polar surface area (TPSA) is 98.5 Å². The molecule has 0 aromatic heterocycles. The maximum absolute atomic E-state index is 13.6. The molecule has 0 heterocycles. The minimum Gasteiger partial charge on any atom is -0.469 e. The molecule has 1 rings (SSSR count). The van der Waals surface area contributed by atoms with E-state index >= 15 is 0 Å².